The van der Waals surface area contributed by atoms with Gasteiger partial charge < -0.3 is 19.9 Å². The number of amides is 3. The molecule has 24 heavy (non-hydrogen) atoms. The van der Waals surface area contributed by atoms with Gasteiger partial charge in [0.2, 0.25) is 0 Å². The number of nitrogens with one attached hydrogen (secondary N) is 1. The van der Waals surface area contributed by atoms with E-state index in [9.17, 15) is 14.0 Å². The van der Waals surface area contributed by atoms with Crippen LogP contribution < -0.4 is 10.1 Å². The van der Waals surface area contributed by atoms with Crippen LogP contribution in [0.2, 0.25) is 0 Å². The topological polar surface area (TPSA) is 61.9 Å². The number of nitrogens with zero attached hydrogens (tertiary/aromatic N) is 2. The van der Waals surface area contributed by atoms with Crippen molar-refractivity contribution in [2.45, 2.75) is 26.3 Å². The summed E-state index contributed by atoms with van der Waals surface area (Å²) in [5.74, 6) is -0.642. The molecule has 132 valence electrons. The highest BCUT2D eigenvalue weighted by Crippen LogP contribution is 2.15. The summed E-state index contributed by atoms with van der Waals surface area (Å²) < 4.78 is 18.7. The fourth-order valence-corrected chi connectivity index (χ4v) is 2.35. The van der Waals surface area contributed by atoms with E-state index in [0.29, 0.717) is 26.2 Å². The van der Waals surface area contributed by atoms with Crippen LogP contribution in [-0.4, -0.2) is 60.1 Å². The molecule has 6 nitrogen and oxygen atoms in total. The molecule has 0 spiro atoms. The van der Waals surface area contributed by atoms with Gasteiger partial charge in [-0.05, 0) is 32.9 Å². The minimum Gasteiger partial charge on any atom is -0.481 e. The van der Waals surface area contributed by atoms with Gasteiger partial charge in [0.05, 0.1) is 0 Å². The standard InChI is InChI=1S/C17H24FN3O3/c1-17(2,3)19-16(23)21-10-8-20(9-11-21)15(22)12-24-14-7-5-4-6-13(14)18/h4-7H,8-12H2,1-3H3,(H,19,23). The lowest BCUT2D eigenvalue weighted by Gasteiger charge is -2.36. The average molecular weight is 337 g/mol. The predicted molar refractivity (Wildman–Crippen MR) is 88.3 cm³/mol. The van der Waals surface area contributed by atoms with Gasteiger partial charge in [0.1, 0.15) is 0 Å². The lowest BCUT2D eigenvalue weighted by Crippen LogP contribution is -2.56. The first kappa shape index (κ1) is 18.0. The molecule has 0 radical (unpaired) electrons. The van der Waals surface area contributed by atoms with Crippen molar-refractivity contribution in [3.8, 4) is 5.75 Å². The molecular weight excluding hydrogens is 313 g/mol. The highest BCUT2D eigenvalue weighted by Gasteiger charge is 2.26. The third kappa shape index (κ3) is 5.11. The number of benzene rings is 1. The molecule has 1 heterocycles. The van der Waals surface area contributed by atoms with Crippen LogP contribution >= 0.6 is 0 Å². The largest absolute Gasteiger partial charge is 0.481 e. The van der Waals surface area contributed by atoms with Crippen LogP contribution in [0.4, 0.5) is 9.18 Å². The van der Waals surface area contributed by atoms with Gasteiger partial charge in [-0.2, -0.15) is 0 Å². The Morgan fingerprint density at radius 2 is 1.71 bits per heavy atom. The molecule has 2 rings (SSSR count). The number of carbonyl (C=O) groups excluding carboxylic acids is 2. The van der Waals surface area contributed by atoms with Crippen LogP contribution in [0.1, 0.15) is 20.8 Å². The fourth-order valence-electron chi connectivity index (χ4n) is 2.35. The van der Waals surface area contributed by atoms with Crippen LogP contribution in [0, 0.1) is 5.82 Å². The van der Waals surface area contributed by atoms with E-state index in [1.54, 1.807) is 21.9 Å². The highest BCUT2D eigenvalue weighted by molar-refractivity contribution is 5.79. The van der Waals surface area contributed by atoms with E-state index in [2.05, 4.69) is 5.32 Å². The summed E-state index contributed by atoms with van der Waals surface area (Å²) in [7, 11) is 0. The summed E-state index contributed by atoms with van der Waals surface area (Å²) in [5, 5.41) is 2.90. The maximum atomic E-state index is 13.5. The molecule has 1 aliphatic rings. The Hall–Kier alpha value is -2.31. The van der Waals surface area contributed by atoms with E-state index in [1.807, 2.05) is 20.8 Å². The molecule has 7 heteroatoms. The zero-order valence-corrected chi connectivity index (χ0v) is 14.3. The molecule has 0 unspecified atom stereocenters. The molecule has 0 bridgehead atoms. The van der Waals surface area contributed by atoms with Gasteiger partial charge in [0, 0.05) is 31.7 Å². The average Bonchev–Trinajstić information content (AvgIpc) is 2.52. The third-order valence-electron chi connectivity index (χ3n) is 3.59. The summed E-state index contributed by atoms with van der Waals surface area (Å²) in [4.78, 5) is 27.5. The number of hydrogen-bond donors (Lipinski definition) is 1. The van der Waals surface area contributed by atoms with Crippen molar-refractivity contribution in [3.05, 3.63) is 30.1 Å². The first-order valence-electron chi connectivity index (χ1n) is 7.98. The Morgan fingerprint density at radius 3 is 2.29 bits per heavy atom. The van der Waals surface area contributed by atoms with Gasteiger partial charge in [0.15, 0.2) is 18.2 Å². The Balaban J connectivity index is 1.78. The molecule has 1 aromatic rings. The van der Waals surface area contributed by atoms with Gasteiger partial charge in [0.25, 0.3) is 5.91 Å². The monoisotopic (exact) mass is 337 g/mol. The molecule has 1 saturated heterocycles. The summed E-state index contributed by atoms with van der Waals surface area (Å²) >= 11 is 0. The Kier molecular flexibility index (Phi) is 5.64. The lowest BCUT2D eigenvalue weighted by atomic mass is 10.1. The number of para-hydroxylation sites is 1. The van der Waals surface area contributed by atoms with Crippen molar-refractivity contribution in [1.29, 1.82) is 0 Å². The molecule has 1 aliphatic heterocycles. The first-order valence-corrected chi connectivity index (χ1v) is 7.98. The highest BCUT2D eigenvalue weighted by atomic mass is 19.1. The lowest BCUT2D eigenvalue weighted by molar-refractivity contribution is -0.134. The van der Waals surface area contributed by atoms with Crippen molar-refractivity contribution >= 4 is 11.9 Å². The van der Waals surface area contributed by atoms with E-state index in [-0.39, 0.29) is 29.8 Å². The summed E-state index contributed by atoms with van der Waals surface area (Å²) in [5.41, 5.74) is -0.294. The number of urea groups is 1. The van der Waals surface area contributed by atoms with Crippen molar-refractivity contribution in [2.75, 3.05) is 32.8 Å². The van der Waals surface area contributed by atoms with Gasteiger partial charge in [-0.1, -0.05) is 12.1 Å². The predicted octanol–water partition coefficient (Wildman–Crippen LogP) is 1.86. The maximum Gasteiger partial charge on any atom is 0.317 e. The Labute approximate surface area is 141 Å². The maximum absolute atomic E-state index is 13.5. The second-order valence-electron chi connectivity index (χ2n) is 6.77. The van der Waals surface area contributed by atoms with Gasteiger partial charge in [-0.3, -0.25) is 4.79 Å². The molecular formula is C17H24FN3O3. The number of hydrogen-bond acceptors (Lipinski definition) is 3. The molecule has 0 aliphatic carbocycles. The second-order valence-corrected chi connectivity index (χ2v) is 6.77. The summed E-state index contributed by atoms with van der Waals surface area (Å²) in [6.45, 7) is 7.37. The van der Waals surface area contributed by atoms with Crippen LogP contribution in [0.25, 0.3) is 0 Å². The van der Waals surface area contributed by atoms with Crippen LogP contribution in [0.5, 0.6) is 5.75 Å². The number of halogens is 1. The van der Waals surface area contributed by atoms with E-state index in [1.165, 1.54) is 12.1 Å². The van der Waals surface area contributed by atoms with Crippen LogP contribution in [0.3, 0.4) is 0 Å². The van der Waals surface area contributed by atoms with E-state index in [4.69, 9.17) is 4.74 Å². The second kappa shape index (κ2) is 7.51. The number of piperazine rings is 1. The van der Waals surface area contributed by atoms with E-state index < -0.39 is 5.82 Å². The number of carbonyl (C=O) groups is 2. The SMILES string of the molecule is CC(C)(C)NC(=O)N1CCN(C(=O)COc2ccccc2F)CC1. The molecule has 0 aromatic heterocycles. The first-order chi connectivity index (χ1) is 11.3. The minimum absolute atomic E-state index is 0.0639. The van der Waals surface area contributed by atoms with Crippen molar-refractivity contribution < 1.29 is 18.7 Å². The van der Waals surface area contributed by atoms with Crippen LogP contribution in [-0.2, 0) is 4.79 Å². The third-order valence-corrected chi connectivity index (χ3v) is 3.59. The van der Waals surface area contributed by atoms with Crippen molar-refractivity contribution in [2.24, 2.45) is 0 Å². The van der Waals surface area contributed by atoms with Crippen LogP contribution in [0.15, 0.2) is 24.3 Å². The smallest absolute Gasteiger partial charge is 0.317 e. The van der Waals surface area contributed by atoms with E-state index >= 15 is 0 Å². The zero-order valence-electron chi connectivity index (χ0n) is 14.3. The molecule has 3 amide bonds. The number of ether oxygens (including phenoxy) is 1. The molecule has 1 aromatic carbocycles. The minimum atomic E-state index is -0.492. The van der Waals surface area contributed by atoms with Crippen molar-refractivity contribution in [3.63, 3.8) is 0 Å². The summed E-state index contributed by atoms with van der Waals surface area (Å²) in [6.07, 6.45) is 0. The molecule has 0 saturated carbocycles. The molecule has 1 N–H and O–H groups in total. The molecule has 0 atom stereocenters. The normalized spacial score (nSPS) is 15.2. The van der Waals surface area contributed by atoms with Crippen molar-refractivity contribution in [1.82, 2.24) is 15.1 Å². The Bertz CT molecular complexity index is 593. The number of rotatable bonds is 3. The fraction of sp³-hybridized carbons (Fsp3) is 0.529. The molecule has 1 fully saturated rings. The Morgan fingerprint density at radius 1 is 1.12 bits per heavy atom. The van der Waals surface area contributed by atoms with Gasteiger partial charge >= 0.3 is 6.03 Å². The quantitative estimate of drug-likeness (QED) is 0.916. The van der Waals surface area contributed by atoms with Gasteiger partial charge in [-0.25, -0.2) is 9.18 Å². The summed E-state index contributed by atoms with van der Waals surface area (Å²) in [6, 6.07) is 5.85. The van der Waals surface area contributed by atoms with E-state index in [0.717, 1.165) is 0 Å². The van der Waals surface area contributed by atoms with Gasteiger partial charge in [-0.15, -0.1) is 0 Å². The zero-order chi connectivity index (χ0) is 17.7.